The first-order chi connectivity index (χ1) is 6.83. The lowest BCUT2D eigenvalue weighted by atomic mass is 10.1. The Hall–Kier alpha value is -0.920. The molecule has 2 rings (SSSR count). The minimum atomic E-state index is 0.799. The fourth-order valence-corrected chi connectivity index (χ4v) is 2.47. The molecule has 0 atom stereocenters. The molecule has 0 bridgehead atoms. The lowest BCUT2D eigenvalue weighted by Gasteiger charge is -2.04. The van der Waals surface area contributed by atoms with Crippen LogP contribution in [0.15, 0.2) is 53.3 Å². The molecule has 0 unspecified atom stereocenters. The van der Waals surface area contributed by atoms with Crippen LogP contribution >= 0.6 is 23.4 Å². The Morgan fingerprint density at radius 3 is 2.57 bits per heavy atom. The molecule has 0 heterocycles. The molecule has 14 heavy (non-hydrogen) atoms. The number of thioether (sulfide) groups is 1. The molecule has 0 saturated carbocycles. The zero-order chi connectivity index (χ0) is 9.97. The second-order valence-corrected chi connectivity index (χ2v) is 4.29. The molecule has 2 aromatic rings. The normalized spacial score (nSPS) is 10.4. The monoisotopic (exact) mass is 220 g/mol. The highest BCUT2D eigenvalue weighted by molar-refractivity contribution is 8.02. The van der Waals surface area contributed by atoms with E-state index in [4.69, 9.17) is 11.6 Å². The van der Waals surface area contributed by atoms with Crippen LogP contribution in [0.5, 0.6) is 0 Å². The molecular weight excluding hydrogens is 212 g/mol. The number of rotatable bonds is 2. The van der Waals surface area contributed by atoms with Crippen molar-refractivity contribution in [1.82, 2.24) is 0 Å². The van der Waals surface area contributed by atoms with Crippen LogP contribution in [0.2, 0.25) is 5.02 Å². The molecule has 0 spiro atoms. The zero-order valence-electron chi connectivity index (χ0n) is 7.53. The summed E-state index contributed by atoms with van der Waals surface area (Å²) in [5, 5.41) is 4.90. The maximum atomic E-state index is 6.15. The summed E-state index contributed by atoms with van der Waals surface area (Å²) < 4.78 is 0. The topological polar surface area (TPSA) is 0 Å². The summed E-state index contributed by atoms with van der Waals surface area (Å²) >= 11 is 7.75. The Labute approximate surface area is 92.6 Å². The average Bonchev–Trinajstić information content (AvgIpc) is 2.19. The van der Waals surface area contributed by atoms with Gasteiger partial charge in [0, 0.05) is 15.3 Å². The summed E-state index contributed by atoms with van der Waals surface area (Å²) in [5.41, 5.74) is 0. The van der Waals surface area contributed by atoms with Crippen molar-refractivity contribution in [2.24, 2.45) is 0 Å². The molecule has 0 nitrogen and oxygen atoms in total. The molecule has 0 aliphatic carbocycles. The van der Waals surface area contributed by atoms with E-state index in [0.29, 0.717) is 0 Å². The Balaban J connectivity index is 2.77. The molecule has 0 amide bonds. The van der Waals surface area contributed by atoms with Gasteiger partial charge < -0.3 is 0 Å². The van der Waals surface area contributed by atoms with Crippen LogP contribution in [-0.4, -0.2) is 0 Å². The second-order valence-electron chi connectivity index (χ2n) is 2.88. The van der Waals surface area contributed by atoms with Gasteiger partial charge in [-0.3, -0.25) is 0 Å². The van der Waals surface area contributed by atoms with Gasteiger partial charge in [-0.05, 0) is 22.9 Å². The van der Waals surface area contributed by atoms with Crippen molar-refractivity contribution in [1.29, 1.82) is 0 Å². The van der Waals surface area contributed by atoms with E-state index < -0.39 is 0 Å². The predicted molar refractivity (Wildman–Crippen MR) is 65.0 cm³/mol. The van der Waals surface area contributed by atoms with Crippen molar-refractivity contribution in [2.75, 3.05) is 0 Å². The van der Waals surface area contributed by atoms with Crippen LogP contribution in [-0.2, 0) is 0 Å². The van der Waals surface area contributed by atoms with Gasteiger partial charge in [0.15, 0.2) is 0 Å². The van der Waals surface area contributed by atoms with Crippen LogP contribution in [0.3, 0.4) is 0 Å². The second kappa shape index (κ2) is 4.07. The Bertz CT molecular complexity index is 471. The Morgan fingerprint density at radius 2 is 1.86 bits per heavy atom. The van der Waals surface area contributed by atoms with Crippen molar-refractivity contribution in [3.05, 3.63) is 53.4 Å². The number of benzene rings is 2. The van der Waals surface area contributed by atoms with Gasteiger partial charge in [0.25, 0.3) is 0 Å². The summed E-state index contributed by atoms with van der Waals surface area (Å²) in [6, 6.07) is 12.1. The van der Waals surface area contributed by atoms with E-state index in [-0.39, 0.29) is 0 Å². The van der Waals surface area contributed by atoms with Crippen molar-refractivity contribution in [3.63, 3.8) is 0 Å². The first-order valence-corrected chi connectivity index (χ1v) is 5.53. The van der Waals surface area contributed by atoms with Crippen LogP contribution in [0.1, 0.15) is 0 Å². The zero-order valence-corrected chi connectivity index (χ0v) is 9.11. The highest BCUT2D eigenvalue weighted by Gasteiger charge is 2.03. The van der Waals surface area contributed by atoms with Gasteiger partial charge in [-0.2, -0.15) is 0 Å². The van der Waals surface area contributed by atoms with Crippen LogP contribution in [0, 0.1) is 0 Å². The summed E-state index contributed by atoms with van der Waals surface area (Å²) in [6.45, 7) is 3.71. The molecule has 0 N–H and O–H groups in total. The first kappa shape index (κ1) is 9.63. The largest absolute Gasteiger partial charge is 0.0980 e. The molecule has 2 aromatic carbocycles. The van der Waals surface area contributed by atoms with Crippen molar-refractivity contribution < 1.29 is 0 Å². The molecule has 0 aliphatic heterocycles. The van der Waals surface area contributed by atoms with E-state index >= 15 is 0 Å². The average molecular weight is 221 g/mol. The standard InChI is InChI=1S/C12H9ClS/c1-2-14-11-8-4-6-9-5-3-7-10(13)12(9)11/h2-8H,1H2. The summed E-state index contributed by atoms with van der Waals surface area (Å²) in [5.74, 6) is 0. The third-order valence-corrected chi connectivity index (χ3v) is 3.10. The predicted octanol–water partition coefficient (Wildman–Crippen LogP) is 4.73. The molecular formula is C12H9ClS. The minimum Gasteiger partial charge on any atom is -0.0980 e. The number of fused-ring (bicyclic) bond motifs is 1. The quantitative estimate of drug-likeness (QED) is 0.660. The van der Waals surface area contributed by atoms with E-state index in [1.165, 1.54) is 5.39 Å². The smallest absolute Gasteiger partial charge is 0.0495 e. The molecule has 0 radical (unpaired) electrons. The van der Waals surface area contributed by atoms with Crippen LogP contribution in [0.25, 0.3) is 10.8 Å². The molecule has 0 fully saturated rings. The van der Waals surface area contributed by atoms with Gasteiger partial charge in [0.2, 0.25) is 0 Å². The van der Waals surface area contributed by atoms with E-state index in [9.17, 15) is 0 Å². The summed E-state index contributed by atoms with van der Waals surface area (Å²) in [6.07, 6.45) is 0. The van der Waals surface area contributed by atoms with E-state index in [1.807, 2.05) is 23.6 Å². The van der Waals surface area contributed by atoms with Crippen LogP contribution < -0.4 is 0 Å². The lowest BCUT2D eigenvalue weighted by Crippen LogP contribution is -1.77. The van der Waals surface area contributed by atoms with Gasteiger partial charge in [-0.15, -0.1) is 0 Å². The highest BCUT2D eigenvalue weighted by Crippen LogP contribution is 2.33. The van der Waals surface area contributed by atoms with Crippen LogP contribution in [0.4, 0.5) is 0 Å². The minimum absolute atomic E-state index is 0.799. The van der Waals surface area contributed by atoms with Gasteiger partial charge in [0.05, 0.1) is 0 Å². The Morgan fingerprint density at radius 1 is 1.14 bits per heavy atom. The summed E-state index contributed by atoms with van der Waals surface area (Å²) in [4.78, 5) is 1.16. The van der Waals surface area contributed by atoms with Gasteiger partial charge >= 0.3 is 0 Å². The maximum Gasteiger partial charge on any atom is 0.0495 e. The molecule has 2 heteroatoms. The lowest BCUT2D eigenvalue weighted by molar-refractivity contribution is 1.55. The fourth-order valence-electron chi connectivity index (χ4n) is 1.45. The third kappa shape index (κ3) is 1.66. The molecule has 70 valence electrons. The first-order valence-electron chi connectivity index (χ1n) is 4.28. The van der Waals surface area contributed by atoms with Gasteiger partial charge in [0.1, 0.15) is 0 Å². The number of halogens is 1. The fraction of sp³-hybridized carbons (Fsp3) is 0. The van der Waals surface area contributed by atoms with Gasteiger partial charge in [-0.25, -0.2) is 0 Å². The summed E-state index contributed by atoms with van der Waals surface area (Å²) in [7, 11) is 0. The number of hydrogen-bond donors (Lipinski definition) is 0. The van der Waals surface area contributed by atoms with Crippen molar-refractivity contribution in [3.8, 4) is 0 Å². The SMILES string of the molecule is C=CSc1cccc2cccc(Cl)c12. The molecule has 0 aliphatic rings. The Kier molecular flexibility index (Phi) is 2.80. The van der Waals surface area contributed by atoms with E-state index in [2.05, 4.69) is 24.8 Å². The van der Waals surface area contributed by atoms with E-state index in [0.717, 1.165) is 15.3 Å². The van der Waals surface area contributed by atoms with Crippen molar-refractivity contribution >= 4 is 34.1 Å². The highest BCUT2D eigenvalue weighted by atomic mass is 35.5. The molecule has 0 aromatic heterocycles. The maximum absolute atomic E-state index is 6.15. The number of hydrogen-bond acceptors (Lipinski definition) is 1. The van der Waals surface area contributed by atoms with Gasteiger partial charge in [-0.1, -0.05) is 54.2 Å². The van der Waals surface area contributed by atoms with E-state index in [1.54, 1.807) is 11.8 Å². The molecule has 0 saturated heterocycles. The van der Waals surface area contributed by atoms with Crippen molar-refractivity contribution in [2.45, 2.75) is 4.90 Å². The third-order valence-electron chi connectivity index (χ3n) is 2.03.